The average molecular weight is 503 g/mol. The van der Waals surface area contributed by atoms with E-state index < -0.39 is 5.78 Å². The van der Waals surface area contributed by atoms with Crippen LogP contribution >= 0.6 is 0 Å². The zero-order valence-corrected chi connectivity index (χ0v) is 21.7. The smallest absolute Gasteiger partial charge is 0.193 e. The van der Waals surface area contributed by atoms with Gasteiger partial charge < -0.3 is 33.5 Å². The zero-order chi connectivity index (χ0) is 26.2. The molecule has 0 saturated heterocycles. The Bertz CT molecular complexity index is 953. The Hall–Kier alpha value is -3.07. The monoisotopic (exact) mass is 502 g/mol. The van der Waals surface area contributed by atoms with Gasteiger partial charge in [0, 0.05) is 33.0 Å². The first-order chi connectivity index (χ1) is 17.5. The first-order valence-electron chi connectivity index (χ1n) is 12.1. The maximum Gasteiger partial charge on any atom is 0.193 e. The molecule has 0 spiro atoms. The van der Waals surface area contributed by atoms with Crippen LogP contribution in [0.3, 0.4) is 0 Å². The van der Waals surface area contributed by atoms with Gasteiger partial charge in [-0.05, 0) is 36.6 Å². The molecule has 0 aliphatic rings. The summed E-state index contributed by atoms with van der Waals surface area (Å²) < 4.78 is 31.7. The van der Waals surface area contributed by atoms with Crippen molar-refractivity contribution in [1.29, 1.82) is 0 Å². The molecule has 0 saturated carbocycles. The second-order valence-electron chi connectivity index (χ2n) is 8.16. The van der Waals surface area contributed by atoms with Gasteiger partial charge >= 0.3 is 0 Å². The van der Waals surface area contributed by atoms with Crippen LogP contribution in [0.2, 0.25) is 0 Å². The number of unbranched alkanes of at least 4 members (excludes halogenated alkanes) is 4. The third kappa shape index (κ3) is 9.18. The number of hydrogen-bond acceptors (Lipinski definition) is 8. The second-order valence-corrected chi connectivity index (χ2v) is 8.16. The molecular formula is C28H38O8. The number of carbonyl (C=O) groups excluding carboxylic acids is 1. The number of carbonyl (C=O) groups is 1. The second kappa shape index (κ2) is 16.6. The lowest BCUT2D eigenvalue weighted by Crippen LogP contribution is -2.09. The quantitative estimate of drug-likeness (QED) is 0.119. The molecule has 1 N–H and O–H groups in total. The van der Waals surface area contributed by atoms with Crippen molar-refractivity contribution in [3.8, 4) is 23.0 Å². The molecule has 2 aromatic rings. The highest BCUT2D eigenvalue weighted by atomic mass is 16.7. The van der Waals surface area contributed by atoms with Crippen molar-refractivity contribution in [2.75, 3.05) is 41.7 Å². The summed E-state index contributed by atoms with van der Waals surface area (Å²) in [6.45, 7) is 2.23. The number of aromatic hydroxyl groups is 1. The molecule has 0 aliphatic heterocycles. The molecular weight excluding hydrogens is 464 g/mol. The van der Waals surface area contributed by atoms with Crippen LogP contribution in [0.15, 0.2) is 36.4 Å². The standard InChI is InChI=1S/C28H38O8/c1-5-6-7-8-9-10-23-25(35-19-32-3)17-26(36-20-33-4)27(28(23)30)24(29)16-13-21-11-14-22(15-12-21)34-18-31-2/h11-17,30H,5-10,18-20H2,1-4H3/b16-13+. The number of benzene rings is 2. The predicted octanol–water partition coefficient (Wildman–Crippen LogP) is 5.75. The lowest BCUT2D eigenvalue weighted by Gasteiger charge is -2.18. The predicted molar refractivity (Wildman–Crippen MR) is 138 cm³/mol. The summed E-state index contributed by atoms with van der Waals surface area (Å²) in [4.78, 5) is 13.2. The largest absolute Gasteiger partial charge is 0.507 e. The minimum Gasteiger partial charge on any atom is -0.507 e. The molecule has 0 aromatic heterocycles. The van der Waals surface area contributed by atoms with Crippen LogP contribution in [0.1, 0.15) is 60.5 Å². The van der Waals surface area contributed by atoms with Gasteiger partial charge in [0.1, 0.15) is 28.6 Å². The maximum absolute atomic E-state index is 13.2. The van der Waals surface area contributed by atoms with Gasteiger partial charge in [-0.25, -0.2) is 0 Å². The van der Waals surface area contributed by atoms with Gasteiger partial charge in [-0.2, -0.15) is 0 Å². The van der Waals surface area contributed by atoms with E-state index in [1.165, 1.54) is 20.3 Å². The van der Waals surface area contributed by atoms with Crippen LogP contribution in [-0.2, 0) is 20.6 Å². The highest BCUT2D eigenvalue weighted by molar-refractivity contribution is 6.11. The van der Waals surface area contributed by atoms with Crippen molar-refractivity contribution in [3.63, 3.8) is 0 Å². The minimum absolute atomic E-state index is 0.00325. The van der Waals surface area contributed by atoms with E-state index in [9.17, 15) is 9.90 Å². The highest BCUT2D eigenvalue weighted by Gasteiger charge is 2.23. The lowest BCUT2D eigenvalue weighted by molar-refractivity contribution is 0.0448. The third-order valence-electron chi connectivity index (χ3n) is 5.42. The first kappa shape index (κ1) is 29.2. The molecule has 0 heterocycles. The number of allylic oxidation sites excluding steroid dienone is 1. The van der Waals surface area contributed by atoms with Crippen LogP contribution in [0.4, 0.5) is 0 Å². The fourth-order valence-electron chi connectivity index (χ4n) is 3.59. The number of methoxy groups -OCH3 is 3. The van der Waals surface area contributed by atoms with E-state index in [0.717, 1.165) is 37.7 Å². The van der Waals surface area contributed by atoms with Crippen LogP contribution in [0, 0.1) is 0 Å². The molecule has 0 atom stereocenters. The van der Waals surface area contributed by atoms with Gasteiger partial charge in [0.15, 0.2) is 26.2 Å². The van der Waals surface area contributed by atoms with E-state index in [4.69, 9.17) is 28.4 Å². The number of phenols is 1. The Morgan fingerprint density at radius 2 is 1.44 bits per heavy atom. The van der Waals surface area contributed by atoms with Gasteiger partial charge in [0.05, 0.1) is 0 Å². The number of hydrogen-bond donors (Lipinski definition) is 1. The molecule has 0 radical (unpaired) electrons. The average Bonchev–Trinajstić information content (AvgIpc) is 2.89. The summed E-state index contributed by atoms with van der Waals surface area (Å²) in [5, 5.41) is 11.2. The Morgan fingerprint density at radius 3 is 2.08 bits per heavy atom. The van der Waals surface area contributed by atoms with Crippen LogP contribution in [-0.4, -0.2) is 52.6 Å². The van der Waals surface area contributed by atoms with E-state index in [1.54, 1.807) is 31.4 Å². The molecule has 2 aromatic carbocycles. The SMILES string of the molecule is CCCCCCCc1c(OCOC)cc(OCOC)c(C(=O)/C=C/c2ccc(OCOC)cc2)c1O. The Kier molecular flexibility index (Phi) is 13.4. The Balaban J connectivity index is 2.34. The number of rotatable bonds is 18. The molecule has 36 heavy (non-hydrogen) atoms. The Morgan fingerprint density at radius 1 is 0.833 bits per heavy atom. The van der Waals surface area contributed by atoms with Crippen molar-refractivity contribution < 1.29 is 38.3 Å². The molecule has 0 unspecified atom stereocenters. The molecule has 8 heteroatoms. The number of ether oxygens (including phenoxy) is 6. The normalized spacial score (nSPS) is 11.1. The van der Waals surface area contributed by atoms with Crippen molar-refractivity contribution >= 4 is 11.9 Å². The van der Waals surface area contributed by atoms with Crippen molar-refractivity contribution in [2.24, 2.45) is 0 Å². The van der Waals surface area contributed by atoms with Gasteiger partial charge in [-0.3, -0.25) is 4.79 Å². The van der Waals surface area contributed by atoms with Gasteiger partial charge in [0.2, 0.25) is 0 Å². The zero-order valence-electron chi connectivity index (χ0n) is 21.7. The van der Waals surface area contributed by atoms with Crippen LogP contribution in [0.5, 0.6) is 23.0 Å². The van der Waals surface area contributed by atoms with Crippen LogP contribution < -0.4 is 14.2 Å². The highest BCUT2D eigenvalue weighted by Crippen LogP contribution is 2.40. The van der Waals surface area contributed by atoms with E-state index in [0.29, 0.717) is 23.5 Å². The van der Waals surface area contributed by atoms with E-state index in [-0.39, 0.29) is 37.4 Å². The molecule has 0 amide bonds. The lowest BCUT2D eigenvalue weighted by atomic mass is 9.97. The van der Waals surface area contributed by atoms with Crippen molar-refractivity contribution in [2.45, 2.75) is 45.4 Å². The van der Waals surface area contributed by atoms with Crippen LogP contribution in [0.25, 0.3) is 6.08 Å². The minimum atomic E-state index is -0.399. The van der Waals surface area contributed by atoms with E-state index >= 15 is 0 Å². The maximum atomic E-state index is 13.2. The third-order valence-corrected chi connectivity index (χ3v) is 5.42. The fraction of sp³-hybridized carbons (Fsp3) is 0.464. The van der Waals surface area contributed by atoms with Gasteiger partial charge in [-0.1, -0.05) is 50.8 Å². The molecule has 2 rings (SSSR count). The summed E-state index contributed by atoms with van der Waals surface area (Å²) >= 11 is 0. The van der Waals surface area contributed by atoms with E-state index in [2.05, 4.69) is 6.92 Å². The number of ketones is 1. The topological polar surface area (TPSA) is 92.7 Å². The summed E-state index contributed by atoms with van der Waals surface area (Å²) in [5.74, 6) is 0.701. The molecule has 0 bridgehead atoms. The molecule has 0 fully saturated rings. The molecule has 8 nitrogen and oxygen atoms in total. The van der Waals surface area contributed by atoms with E-state index in [1.807, 2.05) is 12.1 Å². The summed E-state index contributed by atoms with van der Waals surface area (Å²) in [7, 11) is 4.55. The fourth-order valence-corrected chi connectivity index (χ4v) is 3.59. The summed E-state index contributed by atoms with van der Waals surface area (Å²) in [6, 6.07) is 8.82. The van der Waals surface area contributed by atoms with Crippen molar-refractivity contribution in [3.05, 3.63) is 53.1 Å². The summed E-state index contributed by atoms with van der Waals surface area (Å²) in [5.41, 5.74) is 1.42. The Labute approximate surface area is 213 Å². The molecule has 0 aliphatic carbocycles. The summed E-state index contributed by atoms with van der Waals surface area (Å²) in [6.07, 6.45) is 8.94. The van der Waals surface area contributed by atoms with Gasteiger partial charge in [0.25, 0.3) is 0 Å². The molecule has 198 valence electrons. The first-order valence-corrected chi connectivity index (χ1v) is 12.1. The van der Waals surface area contributed by atoms with Crippen molar-refractivity contribution in [1.82, 2.24) is 0 Å². The van der Waals surface area contributed by atoms with Gasteiger partial charge in [-0.15, -0.1) is 0 Å². The number of phenolic OH excluding ortho intramolecular Hbond substituents is 1.